The lowest BCUT2D eigenvalue weighted by Crippen LogP contribution is -2.34. The number of hydrogen-bond acceptors (Lipinski definition) is 3. The van der Waals surface area contributed by atoms with Crippen LogP contribution in [0.4, 0.5) is 16.2 Å². The number of rotatable bonds is 5. The minimum absolute atomic E-state index is 0.379. The third-order valence-electron chi connectivity index (χ3n) is 5.59. The monoisotopic (exact) mass is 473 g/mol. The molecule has 5 nitrogen and oxygen atoms in total. The molecule has 0 spiro atoms. The van der Waals surface area contributed by atoms with Crippen molar-refractivity contribution in [3.8, 4) is 0 Å². The van der Waals surface area contributed by atoms with E-state index in [2.05, 4.69) is 33.4 Å². The van der Waals surface area contributed by atoms with Gasteiger partial charge in [-0.25, -0.2) is 4.79 Å². The lowest BCUT2D eigenvalue weighted by Gasteiger charge is -2.20. The molecule has 170 valence electrons. The van der Waals surface area contributed by atoms with E-state index in [-0.39, 0.29) is 6.09 Å². The van der Waals surface area contributed by atoms with Gasteiger partial charge in [0.15, 0.2) is 0 Å². The van der Waals surface area contributed by atoms with Crippen LogP contribution in [0.3, 0.4) is 0 Å². The third-order valence-corrected chi connectivity index (χ3v) is 6.33. The molecule has 32 heavy (non-hydrogen) atoms. The van der Waals surface area contributed by atoms with E-state index in [1.54, 1.807) is 6.07 Å². The topological polar surface area (TPSA) is 55.3 Å². The molecule has 0 saturated heterocycles. The summed E-state index contributed by atoms with van der Waals surface area (Å²) >= 11 is 12.2. The number of alkyl carbamates (subject to hydrolysis) is 1. The summed E-state index contributed by atoms with van der Waals surface area (Å²) in [5.74, 6) is 0. The van der Waals surface area contributed by atoms with Gasteiger partial charge in [0, 0.05) is 41.1 Å². The van der Waals surface area contributed by atoms with Crippen molar-refractivity contribution in [3.63, 3.8) is 0 Å². The maximum atomic E-state index is 12.0. The normalized spacial score (nSPS) is 13.7. The molecule has 1 aliphatic carbocycles. The zero-order chi connectivity index (χ0) is 22.9. The zero-order valence-corrected chi connectivity index (χ0v) is 20.2. The van der Waals surface area contributed by atoms with Crippen molar-refractivity contribution in [3.05, 3.63) is 57.7 Å². The second-order valence-electron chi connectivity index (χ2n) is 9.20. The molecule has 2 aromatic carbocycles. The maximum absolute atomic E-state index is 12.0. The second kappa shape index (κ2) is 9.24. The van der Waals surface area contributed by atoms with Gasteiger partial charge in [-0.15, -0.1) is 0 Å². The first-order valence-electron chi connectivity index (χ1n) is 11.0. The summed E-state index contributed by atoms with van der Waals surface area (Å²) in [6.45, 7) is 6.84. The minimum atomic E-state index is -0.499. The average molecular weight is 474 g/mol. The Balaban J connectivity index is 1.57. The van der Waals surface area contributed by atoms with Crippen LogP contribution in [-0.2, 0) is 24.1 Å². The number of fused-ring (bicyclic) bond motifs is 3. The van der Waals surface area contributed by atoms with E-state index in [0.717, 1.165) is 24.2 Å². The van der Waals surface area contributed by atoms with Crippen LogP contribution >= 0.6 is 23.2 Å². The number of aromatic nitrogens is 1. The van der Waals surface area contributed by atoms with Gasteiger partial charge in [-0.05, 0) is 88.4 Å². The van der Waals surface area contributed by atoms with E-state index in [1.807, 2.05) is 32.9 Å². The number of nitrogens with one attached hydrogen (secondary N) is 2. The predicted molar refractivity (Wildman–Crippen MR) is 133 cm³/mol. The van der Waals surface area contributed by atoms with Crippen LogP contribution < -0.4 is 10.6 Å². The molecule has 0 atom stereocenters. The fourth-order valence-corrected chi connectivity index (χ4v) is 4.59. The van der Waals surface area contributed by atoms with Gasteiger partial charge in [0.1, 0.15) is 5.60 Å². The number of hydrogen-bond donors (Lipinski definition) is 2. The molecule has 2 N–H and O–H groups in total. The highest BCUT2D eigenvalue weighted by Crippen LogP contribution is 2.35. The van der Waals surface area contributed by atoms with Crippen molar-refractivity contribution in [2.45, 2.75) is 58.6 Å². The Morgan fingerprint density at radius 1 is 1.03 bits per heavy atom. The fourth-order valence-electron chi connectivity index (χ4n) is 4.29. The van der Waals surface area contributed by atoms with Crippen molar-refractivity contribution in [1.29, 1.82) is 0 Å². The van der Waals surface area contributed by atoms with Crippen molar-refractivity contribution in [1.82, 2.24) is 9.88 Å². The van der Waals surface area contributed by atoms with Crippen molar-refractivity contribution >= 4 is 51.6 Å². The Kier molecular flexibility index (Phi) is 6.59. The first kappa shape index (κ1) is 22.8. The number of nitrogens with zero attached hydrogens (tertiary/aromatic N) is 1. The number of benzene rings is 2. The summed E-state index contributed by atoms with van der Waals surface area (Å²) < 4.78 is 7.71. The fraction of sp³-hybridized carbons (Fsp3) is 0.400. The molecule has 0 saturated carbocycles. The molecule has 0 bridgehead atoms. The molecule has 1 aliphatic rings. The quantitative estimate of drug-likeness (QED) is 0.415. The lowest BCUT2D eigenvalue weighted by atomic mass is 9.95. The van der Waals surface area contributed by atoms with Gasteiger partial charge in [-0.2, -0.15) is 0 Å². The largest absolute Gasteiger partial charge is 0.444 e. The summed E-state index contributed by atoms with van der Waals surface area (Å²) in [6, 6.07) is 12.0. The number of anilines is 2. The van der Waals surface area contributed by atoms with E-state index >= 15 is 0 Å². The Morgan fingerprint density at radius 2 is 1.75 bits per heavy atom. The Hall–Kier alpha value is -2.37. The molecule has 1 amide bonds. The van der Waals surface area contributed by atoms with Crippen LogP contribution in [0.5, 0.6) is 0 Å². The Morgan fingerprint density at radius 3 is 2.50 bits per heavy atom. The summed E-state index contributed by atoms with van der Waals surface area (Å²) in [5, 5.41) is 8.65. The van der Waals surface area contributed by atoms with Gasteiger partial charge in [0.2, 0.25) is 0 Å². The summed E-state index contributed by atoms with van der Waals surface area (Å²) in [7, 11) is 0. The van der Waals surface area contributed by atoms with Crippen LogP contribution in [0, 0.1) is 0 Å². The summed E-state index contributed by atoms with van der Waals surface area (Å²) in [5.41, 5.74) is 5.40. The number of halogens is 2. The second-order valence-corrected chi connectivity index (χ2v) is 10.0. The van der Waals surface area contributed by atoms with E-state index < -0.39 is 5.60 Å². The lowest BCUT2D eigenvalue weighted by molar-refractivity contribution is 0.0526. The molecule has 0 unspecified atom stereocenters. The zero-order valence-electron chi connectivity index (χ0n) is 18.7. The van der Waals surface area contributed by atoms with E-state index in [4.69, 9.17) is 27.9 Å². The highest BCUT2D eigenvalue weighted by atomic mass is 35.5. The SMILES string of the molecule is CC(C)(C)OC(=O)NCCn1c2c(c3cc(Nc4ccc(Cl)c(Cl)c4)ccc31)CCCC2. The van der Waals surface area contributed by atoms with Crippen LogP contribution in [0.15, 0.2) is 36.4 Å². The van der Waals surface area contributed by atoms with Crippen LogP contribution in [0.25, 0.3) is 10.9 Å². The molecule has 0 radical (unpaired) electrons. The van der Waals surface area contributed by atoms with Crippen molar-refractivity contribution < 1.29 is 9.53 Å². The first-order valence-corrected chi connectivity index (χ1v) is 11.8. The van der Waals surface area contributed by atoms with E-state index in [9.17, 15) is 4.79 Å². The molecule has 4 rings (SSSR count). The van der Waals surface area contributed by atoms with Gasteiger partial charge < -0.3 is 19.9 Å². The first-order chi connectivity index (χ1) is 15.2. The molecule has 0 fully saturated rings. The van der Waals surface area contributed by atoms with Crippen LogP contribution in [0.2, 0.25) is 10.0 Å². The van der Waals surface area contributed by atoms with Crippen LogP contribution in [0.1, 0.15) is 44.9 Å². The molecule has 7 heteroatoms. The van der Waals surface area contributed by atoms with Gasteiger partial charge in [-0.3, -0.25) is 0 Å². The predicted octanol–water partition coefficient (Wildman–Crippen LogP) is 7.10. The molecule has 0 aliphatic heterocycles. The van der Waals surface area contributed by atoms with E-state index in [1.165, 1.54) is 35.0 Å². The number of ether oxygens (including phenoxy) is 1. The third kappa shape index (κ3) is 5.16. The molecule has 1 aromatic heterocycles. The Bertz CT molecular complexity index is 1150. The molecular formula is C25H29Cl2N3O2. The minimum Gasteiger partial charge on any atom is -0.444 e. The maximum Gasteiger partial charge on any atom is 0.407 e. The van der Waals surface area contributed by atoms with Crippen molar-refractivity contribution in [2.75, 3.05) is 11.9 Å². The number of aryl methyl sites for hydroxylation is 1. The van der Waals surface area contributed by atoms with Crippen molar-refractivity contribution in [2.24, 2.45) is 0 Å². The number of carbonyl (C=O) groups excluding carboxylic acids is 1. The Labute approximate surface area is 199 Å². The van der Waals surface area contributed by atoms with Gasteiger partial charge in [0.25, 0.3) is 0 Å². The van der Waals surface area contributed by atoms with E-state index in [0.29, 0.717) is 23.1 Å². The molecule has 3 aromatic rings. The van der Waals surface area contributed by atoms with Gasteiger partial charge >= 0.3 is 6.09 Å². The number of amides is 1. The van der Waals surface area contributed by atoms with Gasteiger partial charge in [0.05, 0.1) is 10.0 Å². The standard InChI is InChI=1S/C25H29Cl2N3O2/c1-25(2,3)32-24(31)28-12-13-30-22-7-5-4-6-18(22)19-14-16(9-11-23(19)30)29-17-8-10-20(26)21(27)15-17/h8-11,14-15,29H,4-7,12-13H2,1-3H3,(H,28,31). The van der Waals surface area contributed by atoms with Gasteiger partial charge in [-0.1, -0.05) is 23.2 Å². The highest BCUT2D eigenvalue weighted by Gasteiger charge is 2.21. The average Bonchev–Trinajstić information content (AvgIpc) is 3.03. The smallest absolute Gasteiger partial charge is 0.407 e. The number of carbonyl (C=O) groups is 1. The molecule has 1 heterocycles. The highest BCUT2D eigenvalue weighted by molar-refractivity contribution is 6.42. The molecular weight excluding hydrogens is 445 g/mol. The summed E-state index contributed by atoms with van der Waals surface area (Å²) in [4.78, 5) is 12.0. The van der Waals surface area contributed by atoms with Crippen LogP contribution in [-0.4, -0.2) is 22.8 Å². The summed E-state index contributed by atoms with van der Waals surface area (Å²) in [6.07, 6.45) is 4.15.